The summed E-state index contributed by atoms with van der Waals surface area (Å²) in [6.45, 7) is 0. The van der Waals surface area contributed by atoms with E-state index in [-0.39, 0.29) is 5.91 Å². The van der Waals surface area contributed by atoms with Crippen molar-refractivity contribution in [1.29, 1.82) is 0 Å². The number of hydrogen-bond donors (Lipinski definition) is 1. The van der Waals surface area contributed by atoms with Gasteiger partial charge in [0.05, 0.1) is 10.2 Å². The van der Waals surface area contributed by atoms with Crippen LogP contribution in [0.2, 0.25) is 0 Å². The van der Waals surface area contributed by atoms with Crippen molar-refractivity contribution in [1.82, 2.24) is 4.98 Å². The largest absolute Gasteiger partial charge is 0.298 e. The summed E-state index contributed by atoms with van der Waals surface area (Å²) in [5, 5.41) is 8.10. The zero-order valence-electron chi connectivity index (χ0n) is 13.3. The lowest BCUT2D eigenvalue weighted by Crippen LogP contribution is -2.07. The van der Waals surface area contributed by atoms with Crippen LogP contribution in [0.1, 0.15) is 16.0 Å². The summed E-state index contributed by atoms with van der Waals surface area (Å²) in [7, 11) is 0. The van der Waals surface area contributed by atoms with Crippen LogP contribution < -0.4 is 5.32 Å². The Labute approximate surface area is 152 Å². The van der Waals surface area contributed by atoms with E-state index in [1.54, 1.807) is 28.7 Å². The van der Waals surface area contributed by atoms with Crippen LogP contribution in [0, 0.1) is 0 Å². The molecule has 0 saturated carbocycles. The SMILES string of the molecule is O=C(C=Cc1cccs1)Nc1nc2c(cc3c4c(cccc42)CC3)s1. The van der Waals surface area contributed by atoms with Crippen molar-refractivity contribution in [2.45, 2.75) is 12.8 Å². The highest BCUT2D eigenvalue weighted by atomic mass is 32.1. The lowest BCUT2D eigenvalue weighted by Gasteiger charge is -2.02. The molecule has 25 heavy (non-hydrogen) atoms. The lowest BCUT2D eigenvalue weighted by molar-refractivity contribution is -0.111. The topological polar surface area (TPSA) is 42.0 Å². The van der Waals surface area contributed by atoms with Gasteiger partial charge in [-0.25, -0.2) is 4.98 Å². The van der Waals surface area contributed by atoms with Crippen molar-refractivity contribution in [3.63, 3.8) is 0 Å². The first-order chi connectivity index (χ1) is 12.3. The van der Waals surface area contributed by atoms with E-state index >= 15 is 0 Å². The van der Waals surface area contributed by atoms with E-state index in [2.05, 4.69) is 29.6 Å². The summed E-state index contributed by atoms with van der Waals surface area (Å²) >= 11 is 3.15. The summed E-state index contributed by atoms with van der Waals surface area (Å²) in [5.41, 5.74) is 3.80. The Bertz CT molecular complexity index is 1140. The van der Waals surface area contributed by atoms with Crippen LogP contribution in [-0.4, -0.2) is 10.9 Å². The molecule has 1 aliphatic rings. The first-order valence-corrected chi connectivity index (χ1v) is 9.84. The van der Waals surface area contributed by atoms with Crippen LogP contribution in [0.5, 0.6) is 0 Å². The molecule has 5 heteroatoms. The number of thiazole rings is 1. The molecule has 2 aromatic heterocycles. The molecular weight excluding hydrogens is 348 g/mol. The number of carbonyl (C=O) groups is 1. The van der Waals surface area contributed by atoms with Crippen LogP contribution in [0.15, 0.2) is 47.9 Å². The molecule has 5 rings (SSSR count). The number of fused-ring (bicyclic) bond motifs is 2. The van der Waals surface area contributed by atoms with Crippen LogP contribution in [0.25, 0.3) is 27.1 Å². The van der Waals surface area contributed by atoms with E-state index in [0.29, 0.717) is 5.13 Å². The highest BCUT2D eigenvalue weighted by Gasteiger charge is 2.18. The van der Waals surface area contributed by atoms with Crippen molar-refractivity contribution in [2.75, 3.05) is 5.32 Å². The Morgan fingerprint density at radius 1 is 1.16 bits per heavy atom. The number of aromatic nitrogens is 1. The standard InChI is InChI=1S/C20H14N2OS2/c23-17(9-8-14-4-2-10-24-14)21-20-22-19-15-5-1-3-12-6-7-13(18(12)15)11-16(19)25-20/h1-5,8-11H,6-7H2,(H,21,22,23). The number of hydrogen-bond acceptors (Lipinski definition) is 4. The molecule has 3 nitrogen and oxygen atoms in total. The highest BCUT2D eigenvalue weighted by molar-refractivity contribution is 7.22. The highest BCUT2D eigenvalue weighted by Crippen LogP contribution is 2.38. The van der Waals surface area contributed by atoms with Crippen LogP contribution in [0.4, 0.5) is 5.13 Å². The normalized spacial score (nSPS) is 13.3. The van der Waals surface area contributed by atoms with Gasteiger partial charge in [0.15, 0.2) is 5.13 Å². The van der Waals surface area contributed by atoms with Gasteiger partial charge in [-0.1, -0.05) is 35.6 Å². The average molecular weight is 362 g/mol. The smallest absolute Gasteiger partial charge is 0.250 e. The molecule has 1 N–H and O–H groups in total. The van der Waals surface area contributed by atoms with Crippen LogP contribution in [-0.2, 0) is 17.6 Å². The number of thiophene rings is 1. The number of amides is 1. The van der Waals surface area contributed by atoms with Gasteiger partial charge in [-0.05, 0) is 52.9 Å². The second-order valence-corrected chi connectivity index (χ2v) is 8.09. The molecule has 0 aliphatic heterocycles. The summed E-state index contributed by atoms with van der Waals surface area (Å²) in [6, 6.07) is 12.6. The fraction of sp³-hybridized carbons (Fsp3) is 0.100. The molecule has 0 radical (unpaired) electrons. The van der Waals surface area contributed by atoms with Gasteiger partial charge in [-0.2, -0.15) is 0 Å². The molecule has 0 saturated heterocycles. The van der Waals surface area contributed by atoms with Gasteiger partial charge in [0.2, 0.25) is 5.91 Å². The number of aryl methyl sites for hydroxylation is 2. The Morgan fingerprint density at radius 3 is 2.96 bits per heavy atom. The molecular formula is C20H14N2OS2. The first kappa shape index (κ1) is 14.8. The maximum atomic E-state index is 12.2. The third-order valence-corrected chi connectivity index (χ3v) is 6.28. The second-order valence-electron chi connectivity index (χ2n) is 6.08. The number of anilines is 1. The van der Waals surface area contributed by atoms with Gasteiger partial charge in [0.25, 0.3) is 0 Å². The van der Waals surface area contributed by atoms with E-state index in [1.807, 2.05) is 23.6 Å². The molecule has 4 aromatic rings. The summed E-state index contributed by atoms with van der Waals surface area (Å²) < 4.78 is 1.14. The zero-order chi connectivity index (χ0) is 16.8. The number of nitrogens with one attached hydrogen (secondary N) is 1. The Kier molecular flexibility index (Phi) is 3.43. The number of benzene rings is 2. The number of carbonyl (C=O) groups excluding carboxylic acids is 1. The Hall–Kier alpha value is -2.50. The maximum Gasteiger partial charge on any atom is 0.250 e. The molecule has 0 fully saturated rings. The van der Waals surface area contributed by atoms with Crippen LogP contribution in [0.3, 0.4) is 0 Å². The van der Waals surface area contributed by atoms with E-state index in [4.69, 9.17) is 4.98 Å². The number of rotatable bonds is 3. The molecule has 0 bridgehead atoms. The summed E-state index contributed by atoms with van der Waals surface area (Å²) in [4.78, 5) is 17.9. The van der Waals surface area contributed by atoms with Gasteiger partial charge in [0, 0.05) is 16.3 Å². The lowest BCUT2D eigenvalue weighted by atomic mass is 10.0. The predicted octanol–water partition coefficient (Wildman–Crippen LogP) is 5.26. The molecule has 2 heterocycles. The van der Waals surface area contributed by atoms with E-state index in [9.17, 15) is 4.79 Å². The maximum absolute atomic E-state index is 12.2. The van der Waals surface area contributed by atoms with Gasteiger partial charge < -0.3 is 0 Å². The molecule has 1 aliphatic carbocycles. The third kappa shape index (κ3) is 2.56. The Balaban J connectivity index is 1.50. The van der Waals surface area contributed by atoms with Crippen LogP contribution >= 0.6 is 22.7 Å². The third-order valence-electron chi connectivity index (χ3n) is 4.52. The monoisotopic (exact) mass is 362 g/mol. The van der Waals surface area contributed by atoms with Gasteiger partial charge in [-0.3, -0.25) is 10.1 Å². The van der Waals surface area contributed by atoms with E-state index in [0.717, 1.165) is 27.9 Å². The van der Waals surface area contributed by atoms with Crippen molar-refractivity contribution >= 4 is 60.8 Å². The second kappa shape index (κ2) is 5.79. The van der Waals surface area contributed by atoms with Crippen molar-refractivity contribution in [3.05, 3.63) is 63.9 Å². The van der Waals surface area contributed by atoms with Gasteiger partial charge >= 0.3 is 0 Å². The minimum atomic E-state index is -0.148. The zero-order valence-corrected chi connectivity index (χ0v) is 14.9. The Morgan fingerprint density at radius 2 is 2.08 bits per heavy atom. The fourth-order valence-corrected chi connectivity index (χ4v) is 5.02. The number of nitrogens with zero attached hydrogens (tertiary/aromatic N) is 1. The summed E-state index contributed by atoms with van der Waals surface area (Å²) in [6.07, 6.45) is 5.59. The van der Waals surface area contributed by atoms with Crippen molar-refractivity contribution < 1.29 is 4.79 Å². The molecule has 2 aromatic carbocycles. The molecule has 0 atom stereocenters. The molecule has 122 valence electrons. The van der Waals surface area contributed by atoms with E-state index < -0.39 is 0 Å². The average Bonchev–Trinajstić information content (AvgIpc) is 3.34. The minimum Gasteiger partial charge on any atom is -0.298 e. The molecule has 0 unspecified atom stereocenters. The van der Waals surface area contributed by atoms with E-state index in [1.165, 1.54) is 21.9 Å². The summed E-state index contributed by atoms with van der Waals surface area (Å²) in [5.74, 6) is -0.148. The van der Waals surface area contributed by atoms with Crippen molar-refractivity contribution in [2.24, 2.45) is 0 Å². The molecule has 1 amide bonds. The first-order valence-electron chi connectivity index (χ1n) is 8.14. The molecule has 0 spiro atoms. The van der Waals surface area contributed by atoms with Gasteiger partial charge in [-0.15, -0.1) is 11.3 Å². The fourth-order valence-electron chi connectivity index (χ4n) is 3.45. The minimum absolute atomic E-state index is 0.148. The van der Waals surface area contributed by atoms with Crippen molar-refractivity contribution in [3.8, 4) is 0 Å². The van der Waals surface area contributed by atoms with Gasteiger partial charge in [0.1, 0.15) is 0 Å². The quantitative estimate of drug-likeness (QED) is 0.505. The predicted molar refractivity (Wildman–Crippen MR) is 107 cm³/mol.